The van der Waals surface area contributed by atoms with Crippen molar-refractivity contribution in [3.05, 3.63) is 10.4 Å². The minimum absolute atomic E-state index is 0. The monoisotopic (exact) mass is 95.0 g/mol. The summed E-state index contributed by atoms with van der Waals surface area (Å²) in [5, 5.41) is 4.33. The second-order valence-electron chi connectivity index (χ2n) is 0.415. The molecule has 6 nitrogen and oxygen atoms in total. The van der Waals surface area contributed by atoms with Crippen molar-refractivity contribution >= 4 is 0 Å². The maximum absolute atomic E-state index is 8.97. The molecule has 0 unspecified atom stereocenters. The van der Waals surface area contributed by atoms with Crippen LogP contribution >= 0.6 is 0 Å². The predicted octanol–water partition coefficient (Wildman–Crippen LogP) is -3.30. The molecule has 0 aromatic heterocycles. The van der Waals surface area contributed by atoms with E-state index in [1.165, 1.54) is 0 Å². The van der Waals surface area contributed by atoms with Crippen LogP contribution in [0.1, 0.15) is 0 Å². The van der Waals surface area contributed by atoms with Crippen molar-refractivity contribution in [1.82, 2.24) is 11.1 Å². The Labute approximate surface area is 51.6 Å². The van der Waals surface area contributed by atoms with E-state index in [2.05, 4.69) is 10.5 Å². The number of nitrogens with zero attached hydrogens (tertiary/aromatic N) is 3. The summed E-state index contributed by atoms with van der Waals surface area (Å²) in [6.07, 6.45) is 0. The average molecular weight is 95.0 g/mol. The van der Waals surface area contributed by atoms with Crippen LogP contribution in [0.4, 0.5) is 0 Å². The van der Waals surface area contributed by atoms with E-state index in [-0.39, 0.29) is 18.9 Å². The standard InChI is InChI=1S/Li.H2N5O/c;1-2-3-4-5-6/h;(H2-,1,2,3,4,5,6)/q+1;-1. The fraction of sp³-hybridized carbons (Fsp3) is 0. The van der Waals surface area contributed by atoms with Gasteiger partial charge in [0.2, 0.25) is 0 Å². The third kappa shape index (κ3) is 10.8. The summed E-state index contributed by atoms with van der Waals surface area (Å²) >= 11 is 0. The molecule has 0 saturated carbocycles. The predicted molar refractivity (Wildman–Crippen MR) is 17.9 cm³/mol. The van der Waals surface area contributed by atoms with Crippen LogP contribution in [0.25, 0.3) is 5.53 Å². The van der Waals surface area contributed by atoms with Crippen LogP contribution in [-0.4, -0.2) is 0 Å². The van der Waals surface area contributed by atoms with Gasteiger partial charge in [-0.2, -0.15) is 0 Å². The van der Waals surface area contributed by atoms with Gasteiger partial charge in [0.05, 0.1) is 5.29 Å². The van der Waals surface area contributed by atoms with Gasteiger partial charge in [0.25, 0.3) is 0 Å². The van der Waals surface area contributed by atoms with E-state index in [4.69, 9.17) is 10.4 Å². The van der Waals surface area contributed by atoms with E-state index in [1.54, 1.807) is 11.1 Å². The maximum Gasteiger partial charge on any atom is 1.00 e. The Morgan fingerprint density at radius 2 is 2.00 bits per heavy atom. The Morgan fingerprint density at radius 3 is 2.14 bits per heavy atom. The molecule has 2 N–H and O–H groups in total. The molecular formula is H2LiN5O. The molecule has 0 fully saturated rings. The summed E-state index contributed by atoms with van der Waals surface area (Å²) in [6.45, 7) is 0. The number of rotatable bonds is 3. The minimum atomic E-state index is 0. The summed E-state index contributed by atoms with van der Waals surface area (Å²) in [5.74, 6) is 0. The molecule has 0 aliphatic rings. The van der Waals surface area contributed by atoms with Gasteiger partial charge in [0.1, 0.15) is 0 Å². The summed E-state index contributed by atoms with van der Waals surface area (Å²) < 4.78 is 0. The van der Waals surface area contributed by atoms with E-state index < -0.39 is 0 Å². The van der Waals surface area contributed by atoms with Gasteiger partial charge in [-0.3, -0.25) is 5.22 Å². The number of hydrogen-bond donors (Lipinski definition) is 2. The fourth-order valence-electron chi connectivity index (χ4n) is 0.0428. The molecule has 0 radical (unpaired) electrons. The first-order valence-corrected chi connectivity index (χ1v) is 1.08. The summed E-state index contributed by atoms with van der Waals surface area (Å²) in [4.78, 5) is 8.97. The zero-order chi connectivity index (χ0) is 4.83. The first kappa shape index (κ1) is 9.64. The van der Waals surface area contributed by atoms with Crippen molar-refractivity contribution in [1.29, 1.82) is 0 Å². The Balaban J connectivity index is 0. The van der Waals surface area contributed by atoms with Gasteiger partial charge in [-0.1, -0.05) is 0 Å². The number of hydrogen-bond acceptors (Lipinski definition) is 3. The number of nitrogens with one attached hydrogen (secondary N) is 2. The largest absolute Gasteiger partial charge is 1.00 e. The molecule has 0 rings (SSSR count). The zero-order valence-electron chi connectivity index (χ0n) is 3.75. The van der Waals surface area contributed by atoms with Crippen LogP contribution in [0, 0.1) is 4.91 Å². The second kappa shape index (κ2) is 9.04. The molecule has 0 amide bonds. The third-order valence-electron chi connectivity index (χ3n) is 0.146. The van der Waals surface area contributed by atoms with Gasteiger partial charge < -0.3 is 11.1 Å². The Kier molecular flexibility index (Phi) is 12.4. The molecule has 0 aromatic carbocycles. The van der Waals surface area contributed by atoms with Gasteiger partial charge in [-0.25, -0.2) is 5.53 Å². The van der Waals surface area contributed by atoms with Crippen molar-refractivity contribution in [2.45, 2.75) is 0 Å². The van der Waals surface area contributed by atoms with E-state index in [0.29, 0.717) is 0 Å². The topological polar surface area (TPSA) is 88.2 Å². The number of hydrazine groups is 1. The van der Waals surface area contributed by atoms with Crippen LogP contribution in [0.15, 0.2) is 10.5 Å². The minimum Gasteiger partial charge on any atom is -0.361 e. The first-order chi connectivity index (χ1) is 2.91. The van der Waals surface area contributed by atoms with Crippen LogP contribution < -0.4 is 29.9 Å². The summed E-state index contributed by atoms with van der Waals surface area (Å²) in [5.41, 5.74) is 10.7. The molecule has 7 heavy (non-hydrogen) atoms. The van der Waals surface area contributed by atoms with Crippen LogP contribution in [-0.2, 0) is 0 Å². The van der Waals surface area contributed by atoms with Gasteiger partial charge in [-0.15, -0.1) is 4.91 Å². The Bertz CT molecular complexity index is 44.0. The van der Waals surface area contributed by atoms with Crippen molar-refractivity contribution in [2.75, 3.05) is 0 Å². The van der Waals surface area contributed by atoms with E-state index in [0.717, 1.165) is 0 Å². The van der Waals surface area contributed by atoms with Crippen molar-refractivity contribution in [2.24, 2.45) is 10.5 Å². The molecule has 0 atom stereocenters. The van der Waals surface area contributed by atoms with E-state index in [1.807, 2.05) is 0 Å². The first-order valence-electron chi connectivity index (χ1n) is 1.08. The molecule has 34 valence electrons. The Hall–Kier alpha value is -0.603. The average Bonchev–Trinajstić information content (AvgIpc) is 1.61. The molecule has 0 spiro atoms. The van der Waals surface area contributed by atoms with Crippen molar-refractivity contribution < 1.29 is 18.9 Å². The Morgan fingerprint density at radius 1 is 1.43 bits per heavy atom. The molecule has 0 saturated heterocycles. The van der Waals surface area contributed by atoms with E-state index >= 15 is 0 Å². The normalized spacial score (nSPS) is 5.14. The molecule has 7 heteroatoms. The van der Waals surface area contributed by atoms with Crippen molar-refractivity contribution in [3.63, 3.8) is 0 Å². The molecule has 0 heterocycles. The van der Waals surface area contributed by atoms with Crippen LogP contribution in [0.3, 0.4) is 0 Å². The van der Waals surface area contributed by atoms with Crippen LogP contribution in [0.5, 0.6) is 0 Å². The quantitative estimate of drug-likeness (QED) is 0.126. The van der Waals surface area contributed by atoms with Gasteiger partial charge in [-0.05, 0) is 0 Å². The fourth-order valence-corrected chi connectivity index (χ4v) is 0.0428. The zero-order valence-corrected chi connectivity index (χ0v) is 3.75. The van der Waals surface area contributed by atoms with Crippen LogP contribution in [0.2, 0.25) is 0 Å². The molecule has 0 aliphatic carbocycles. The summed E-state index contributed by atoms with van der Waals surface area (Å²) in [6, 6.07) is 0. The SMILES string of the molecule is [Li+].[N-]=NNNN=O. The second-order valence-corrected chi connectivity index (χ2v) is 0.415. The van der Waals surface area contributed by atoms with Gasteiger partial charge in [0, 0.05) is 0 Å². The summed E-state index contributed by atoms with van der Waals surface area (Å²) in [7, 11) is 0. The van der Waals surface area contributed by atoms with Gasteiger partial charge in [0.15, 0.2) is 0 Å². The number of nitroso groups, excluding NO2 is 1. The molecule has 0 aromatic rings. The smallest absolute Gasteiger partial charge is 0.361 e. The molecular weight excluding hydrogens is 93.0 g/mol. The van der Waals surface area contributed by atoms with Crippen molar-refractivity contribution in [3.8, 4) is 0 Å². The van der Waals surface area contributed by atoms with Gasteiger partial charge >= 0.3 is 18.9 Å². The maximum atomic E-state index is 8.97. The van der Waals surface area contributed by atoms with E-state index in [9.17, 15) is 0 Å². The third-order valence-corrected chi connectivity index (χ3v) is 0.146. The molecule has 0 aliphatic heterocycles. The molecule has 0 bridgehead atoms.